The highest BCUT2D eigenvalue weighted by atomic mass is 32.1. The van der Waals surface area contributed by atoms with E-state index in [9.17, 15) is 9.59 Å². The monoisotopic (exact) mass is 346 g/mol. The van der Waals surface area contributed by atoms with Crippen LogP contribution in [0.3, 0.4) is 0 Å². The van der Waals surface area contributed by atoms with Gasteiger partial charge in [0, 0.05) is 32.0 Å². The SMILES string of the molecule is O=C(NCC1CCCN(c2ncccn2)C1)c1ccsc1C(=O)O. The smallest absolute Gasteiger partial charge is 0.346 e. The summed E-state index contributed by atoms with van der Waals surface area (Å²) in [6.45, 7) is 2.19. The van der Waals surface area contributed by atoms with Crippen molar-refractivity contribution in [2.75, 3.05) is 24.5 Å². The van der Waals surface area contributed by atoms with Crippen LogP contribution in [0, 0.1) is 5.92 Å². The van der Waals surface area contributed by atoms with Crippen molar-refractivity contribution in [2.24, 2.45) is 5.92 Å². The average Bonchev–Trinajstić information content (AvgIpc) is 3.11. The first-order chi connectivity index (χ1) is 11.6. The Morgan fingerprint density at radius 1 is 1.38 bits per heavy atom. The van der Waals surface area contributed by atoms with Crippen LogP contribution in [0.5, 0.6) is 0 Å². The van der Waals surface area contributed by atoms with Crippen molar-refractivity contribution in [2.45, 2.75) is 12.8 Å². The van der Waals surface area contributed by atoms with Crippen LogP contribution in [0.25, 0.3) is 0 Å². The molecule has 2 N–H and O–H groups in total. The van der Waals surface area contributed by atoms with E-state index < -0.39 is 5.97 Å². The summed E-state index contributed by atoms with van der Waals surface area (Å²) < 4.78 is 0. The Kier molecular flexibility index (Phi) is 5.05. The normalized spacial score (nSPS) is 17.5. The first-order valence-electron chi connectivity index (χ1n) is 7.76. The number of nitrogens with one attached hydrogen (secondary N) is 1. The second kappa shape index (κ2) is 7.39. The first-order valence-corrected chi connectivity index (χ1v) is 8.64. The summed E-state index contributed by atoms with van der Waals surface area (Å²) in [5.41, 5.74) is 0.228. The standard InChI is InChI=1S/C16H18N4O3S/c21-14(12-4-8-24-13(12)15(22)23)19-9-11-3-1-7-20(10-11)16-17-5-2-6-18-16/h2,4-6,8,11H,1,3,7,9-10H2,(H,19,21)(H,22,23). The predicted octanol–water partition coefficient (Wildman–Crippen LogP) is 1.88. The van der Waals surface area contributed by atoms with Crippen LogP contribution in [0.15, 0.2) is 29.9 Å². The van der Waals surface area contributed by atoms with E-state index >= 15 is 0 Å². The number of carbonyl (C=O) groups excluding carboxylic acids is 1. The zero-order chi connectivity index (χ0) is 16.9. The Bertz CT molecular complexity index is 719. The van der Waals surface area contributed by atoms with Gasteiger partial charge in [-0.25, -0.2) is 14.8 Å². The highest BCUT2D eigenvalue weighted by Crippen LogP contribution is 2.20. The van der Waals surface area contributed by atoms with Crippen LogP contribution >= 0.6 is 11.3 Å². The Morgan fingerprint density at radius 3 is 2.92 bits per heavy atom. The zero-order valence-corrected chi connectivity index (χ0v) is 13.8. The Balaban J connectivity index is 1.57. The van der Waals surface area contributed by atoms with Crippen molar-refractivity contribution >= 4 is 29.2 Å². The molecule has 1 fully saturated rings. The molecule has 0 radical (unpaired) electrons. The minimum atomic E-state index is -1.07. The number of thiophene rings is 1. The molecule has 1 aliphatic rings. The number of hydrogen-bond donors (Lipinski definition) is 2. The maximum atomic E-state index is 12.2. The predicted molar refractivity (Wildman–Crippen MR) is 90.6 cm³/mol. The van der Waals surface area contributed by atoms with Gasteiger partial charge in [-0.05, 0) is 36.3 Å². The van der Waals surface area contributed by atoms with Crippen molar-refractivity contribution < 1.29 is 14.7 Å². The van der Waals surface area contributed by atoms with Gasteiger partial charge in [0.15, 0.2) is 0 Å². The van der Waals surface area contributed by atoms with Gasteiger partial charge >= 0.3 is 5.97 Å². The van der Waals surface area contributed by atoms with Gasteiger partial charge in [0.25, 0.3) is 5.91 Å². The van der Waals surface area contributed by atoms with Crippen molar-refractivity contribution in [3.63, 3.8) is 0 Å². The molecule has 1 atom stereocenters. The third-order valence-electron chi connectivity index (χ3n) is 4.01. The topological polar surface area (TPSA) is 95.4 Å². The van der Waals surface area contributed by atoms with Crippen molar-refractivity contribution in [1.82, 2.24) is 15.3 Å². The van der Waals surface area contributed by atoms with Crippen molar-refractivity contribution in [1.29, 1.82) is 0 Å². The summed E-state index contributed by atoms with van der Waals surface area (Å²) in [5, 5.41) is 13.6. The molecule has 0 aromatic carbocycles. The molecule has 126 valence electrons. The van der Waals surface area contributed by atoms with Crippen LogP contribution < -0.4 is 10.2 Å². The molecule has 8 heteroatoms. The Morgan fingerprint density at radius 2 is 2.17 bits per heavy atom. The number of hydrogen-bond acceptors (Lipinski definition) is 6. The van der Waals surface area contributed by atoms with Gasteiger partial charge in [0.1, 0.15) is 4.88 Å². The molecule has 1 aliphatic heterocycles. The minimum Gasteiger partial charge on any atom is -0.477 e. The number of carbonyl (C=O) groups is 2. The molecule has 3 heterocycles. The van der Waals surface area contributed by atoms with E-state index in [1.165, 1.54) is 0 Å². The van der Waals surface area contributed by atoms with E-state index in [-0.39, 0.29) is 16.3 Å². The van der Waals surface area contributed by atoms with Gasteiger partial charge < -0.3 is 15.3 Å². The average molecular weight is 346 g/mol. The second-order valence-electron chi connectivity index (χ2n) is 5.68. The molecule has 0 bridgehead atoms. The number of nitrogens with zero attached hydrogens (tertiary/aromatic N) is 3. The largest absolute Gasteiger partial charge is 0.477 e. The van der Waals surface area contributed by atoms with Crippen LogP contribution in [0.4, 0.5) is 5.95 Å². The van der Waals surface area contributed by atoms with Crippen LogP contribution in [0.2, 0.25) is 0 Å². The van der Waals surface area contributed by atoms with Crippen molar-refractivity contribution in [3.8, 4) is 0 Å². The molecular weight excluding hydrogens is 328 g/mol. The van der Waals surface area contributed by atoms with E-state index in [2.05, 4.69) is 20.2 Å². The van der Waals surface area contributed by atoms with Gasteiger partial charge in [-0.15, -0.1) is 11.3 Å². The van der Waals surface area contributed by atoms with Crippen molar-refractivity contribution in [3.05, 3.63) is 40.3 Å². The molecule has 7 nitrogen and oxygen atoms in total. The van der Waals surface area contributed by atoms with Crippen LogP contribution in [-0.2, 0) is 0 Å². The molecule has 1 saturated heterocycles. The molecule has 0 saturated carbocycles. The summed E-state index contributed by atoms with van der Waals surface area (Å²) in [7, 11) is 0. The summed E-state index contributed by atoms with van der Waals surface area (Å²) in [6.07, 6.45) is 5.46. The fourth-order valence-corrected chi connectivity index (χ4v) is 3.58. The van der Waals surface area contributed by atoms with Gasteiger partial charge in [0.05, 0.1) is 5.56 Å². The van der Waals surface area contributed by atoms with Gasteiger partial charge in [-0.1, -0.05) is 0 Å². The van der Waals surface area contributed by atoms with E-state index in [1.807, 2.05) is 0 Å². The number of rotatable bonds is 5. The lowest BCUT2D eigenvalue weighted by molar-refractivity contribution is 0.0696. The van der Waals surface area contributed by atoms with Crippen LogP contribution in [0.1, 0.15) is 32.9 Å². The maximum absolute atomic E-state index is 12.2. The molecule has 24 heavy (non-hydrogen) atoms. The molecule has 2 aromatic rings. The lowest BCUT2D eigenvalue weighted by atomic mass is 9.98. The lowest BCUT2D eigenvalue weighted by Crippen LogP contribution is -2.41. The number of aromatic carboxylic acids is 1. The molecule has 0 spiro atoms. The first kappa shape index (κ1) is 16.4. The quantitative estimate of drug-likeness (QED) is 0.858. The number of carboxylic acids is 1. The molecule has 1 amide bonds. The Hall–Kier alpha value is -2.48. The molecule has 2 aromatic heterocycles. The molecule has 0 aliphatic carbocycles. The fourth-order valence-electron chi connectivity index (χ4n) is 2.85. The van der Waals surface area contributed by atoms with E-state index in [0.717, 1.165) is 37.3 Å². The van der Waals surface area contributed by atoms with Gasteiger partial charge in [-0.3, -0.25) is 4.79 Å². The highest BCUT2D eigenvalue weighted by Gasteiger charge is 2.23. The third-order valence-corrected chi connectivity index (χ3v) is 4.91. The second-order valence-corrected chi connectivity index (χ2v) is 6.60. The summed E-state index contributed by atoms with van der Waals surface area (Å²) in [4.78, 5) is 34.1. The minimum absolute atomic E-state index is 0.0791. The summed E-state index contributed by atoms with van der Waals surface area (Å²) >= 11 is 1.06. The summed E-state index contributed by atoms with van der Waals surface area (Å²) in [6, 6.07) is 3.33. The number of aromatic nitrogens is 2. The van der Waals surface area contributed by atoms with Crippen LogP contribution in [-0.4, -0.2) is 46.6 Å². The zero-order valence-electron chi connectivity index (χ0n) is 13.0. The van der Waals surface area contributed by atoms with E-state index in [0.29, 0.717) is 18.4 Å². The number of anilines is 1. The number of piperidine rings is 1. The number of amides is 1. The Labute approximate surface area is 143 Å². The number of carboxylic acid groups (broad SMARTS) is 1. The fraction of sp³-hybridized carbons (Fsp3) is 0.375. The van der Waals surface area contributed by atoms with Gasteiger partial charge in [-0.2, -0.15) is 0 Å². The molecular formula is C16H18N4O3S. The van der Waals surface area contributed by atoms with E-state index in [4.69, 9.17) is 5.11 Å². The summed E-state index contributed by atoms with van der Waals surface area (Å²) in [5.74, 6) is -0.403. The van der Waals surface area contributed by atoms with Gasteiger partial charge in [0.2, 0.25) is 5.95 Å². The lowest BCUT2D eigenvalue weighted by Gasteiger charge is -2.32. The third kappa shape index (κ3) is 3.70. The van der Waals surface area contributed by atoms with E-state index in [1.54, 1.807) is 29.9 Å². The molecule has 3 rings (SSSR count). The maximum Gasteiger partial charge on any atom is 0.346 e. The molecule has 1 unspecified atom stereocenters. The highest BCUT2D eigenvalue weighted by molar-refractivity contribution is 7.12.